The van der Waals surface area contributed by atoms with Gasteiger partial charge in [0.1, 0.15) is 11.2 Å². The molecule has 0 aromatic heterocycles. The SMILES string of the molecule is CCOC(=O)C[C@@H]1C[C@@](C(C)=O)(C(=O)OCC)[C@@H](c2ccc([N+](=O)[O-])cc2)[C@@H]1[N+](=O)[O-]. The van der Waals surface area contributed by atoms with Gasteiger partial charge in [0.25, 0.3) is 5.69 Å². The number of nitro benzene ring substituents is 1. The molecule has 2 rings (SSSR count). The van der Waals surface area contributed by atoms with E-state index in [0.717, 1.165) is 19.1 Å². The summed E-state index contributed by atoms with van der Waals surface area (Å²) in [7, 11) is 0. The smallest absolute Gasteiger partial charge is 0.320 e. The zero-order valence-corrected chi connectivity index (χ0v) is 17.4. The van der Waals surface area contributed by atoms with Crippen molar-refractivity contribution in [3.8, 4) is 0 Å². The summed E-state index contributed by atoms with van der Waals surface area (Å²) in [4.78, 5) is 59.7. The standard InChI is InChI=1S/C20H24N2O9/c1-4-30-16(24)10-14-11-20(12(3)23,19(25)31-5-2)17(18(14)22(28)29)13-6-8-15(9-7-13)21(26)27/h6-9,14,17-18H,4-5,10-11H2,1-3H3/t14-,17+,18-,20+/m1/s1. The number of carbonyl (C=O) groups is 3. The maximum absolute atomic E-state index is 13.0. The van der Waals surface area contributed by atoms with Gasteiger partial charge in [0, 0.05) is 23.0 Å². The van der Waals surface area contributed by atoms with Gasteiger partial charge in [-0.05, 0) is 32.8 Å². The summed E-state index contributed by atoms with van der Waals surface area (Å²) >= 11 is 0. The molecule has 0 N–H and O–H groups in total. The van der Waals surface area contributed by atoms with Gasteiger partial charge in [-0.3, -0.25) is 34.6 Å². The van der Waals surface area contributed by atoms with E-state index < -0.39 is 50.9 Å². The third-order valence-corrected chi connectivity index (χ3v) is 5.65. The third-order valence-electron chi connectivity index (χ3n) is 5.65. The highest BCUT2D eigenvalue weighted by molar-refractivity contribution is 6.04. The van der Waals surface area contributed by atoms with E-state index in [-0.39, 0.29) is 37.3 Å². The van der Waals surface area contributed by atoms with Crippen LogP contribution in [0.5, 0.6) is 0 Å². The second-order valence-electron chi connectivity index (χ2n) is 7.32. The average molecular weight is 436 g/mol. The Bertz CT molecular complexity index is 883. The Morgan fingerprint density at radius 1 is 1.06 bits per heavy atom. The van der Waals surface area contributed by atoms with Gasteiger partial charge >= 0.3 is 11.9 Å². The minimum atomic E-state index is -1.90. The third kappa shape index (κ3) is 4.54. The largest absolute Gasteiger partial charge is 0.466 e. The van der Waals surface area contributed by atoms with Crippen LogP contribution in [0.2, 0.25) is 0 Å². The van der Waals surface area contributed by atoms with Crippen molar-refractivity contribution in [3.63, 3.8) is 0 Å². The highest BCUT2D eigenvalue weighted by Crippen LogP contribution is 2.55. The van der Waals surface area contributed by atoms with E-state index in [9.17, 15) is 34.6 Å². The molecule has 0 heterocycles. The van der Waals surface area contributed by atoms with Crippen LogP contribution in [0.15, 0.2) is 24.3 Å². The lowest BCUT2D eigenvalue weighted by Gasteiger charge is -2.30. The van der Waals surface area contributed by atoms with Gasteiger partial charge in [0.05, 0.1) is 30.5 Å². The fraction of sp³-hybridized carbons (Fsp3) is 0.550. The van der Waals surface area contributed by atoms with Gasteiger partial charge in [-0.1, -0.05) is 12.1 Å². The molecule has 11 heteroatoms. The molecular weight excluding hydrogens is 412 g/mol. The first-order valence-electron chi connectivity index (χ1n) is 9.81. The van der Waals surface area contributed by atoms with Crippen molar-refractivity contribution in [1.29, 1.82) is 0 Å². The lowest BCUT2D eigenvalue weighted by Crippen LogP contribution is -2.44. The van der Waals surface area contributed by atoms with Crippen LogP contribution in [0, 0.1) is 31.6 Å². The topological polar surface area (TPSA) is 156 Å². The first kappa shape index (κ1) is 23.9. The normalized spacial score (nSPS) is 24.9. The highest BCUT2D eigenvalue weighted by atomic mass is 16.6. The lowest BCUT2D eigenvalue weighted by atomic mass is 9.70. The van der Waals surface area contributed by atoms with Crippen LogP contribution < -0.4 is 0 Å². The molecule has 0 radical (unpaired) electrons. The number of carbonyl (C=O) groups excluding carboxylic acids is 3. The van der Waals surface area contributed by atoms with Crippen molar-refractivity contribution in [1.82, 2.24) is 0 Å². The Hall–Kier alpha value is -3.37. The van der Waals surface area contributed by atoms with E-state index in [1.54, 1.807) is 13.8 Å². The summed E-state index contributed by atoms with van der Waals surface area (Å²) in [5.74, 6) is -4.46. The van der Waals surface area contributed by atoms with Crippen LogP contribution in [0.3, 0.4) is 0 Å². The zero-order valence-electron chi connectivity index (χ0n) is 17.4. The summed E-state index contributed by atoms with van der Waals surface area (Å²) in [5, 5.41) is 23.1. The molecule has 1 aromatic rings. The Labute approximate surface area is 178 Å². The number of esters is 2. The minimum absolute atomic E-state index is 0.0491. The molecule has 0 bridgehead atoms. The Kier molecular flexibility index (Phi) is 7.42. The Balaban J connectivity index is 2.67. The quantitative estimate of drug-likeness (QED) is 0.245. The van der Waals surface area contributed by atoms with E-state index in [1.807, 2.05) is 0 Å². The van der Waals surface area contributed by atoms with E-state index >= 15 is 0 Å². The maximum Gasteiger partial charge on any atom is 0.320 e. The number of benzene rings is 1. The number of nitro groups is 2. The van der Waals surface area contributed by atoms with Crippen LogP contribution in [0.1, 0.15) is 45.1 Å². The number of ether oxygens (including phenoxy) is 2. The van der Waals surface area contributed by atoms with Gasteiger partial charge in [0.15, 0.2) is 0 Å². The number of hydrogen-bond donors (Lipinski definition) is 0. The second kappa shape index (κ2) is 9.63. The van der Waals surface area contributed by atoms with Gasteiger partial charge in [0.2, 0.25) is 6.04 Å². The molecule has 0 unspecified atom stereocenters. The lowest BCUT2D eigenvalue weighted by molar-refractivity contribution is -0.532. The van der Waals surface area contributed by atoms with Crippen molar-refractivity contribution in [2.75, 3.05) is 13.2 Å². The Morgan fingerprint density at radius 3 is 2.10 bits per heavy atom. The van der Waals surface area contributed by atoms with Gasteiger partial charge < -0.3 is 9.47 Å². The molecule has 1 aromatic carbocycles. The second-order valence-corrected chi connectivity index (χ2v) is 7.32. The first-order valence-corrected chi connectivity index (χ1v) is 9.81. The molecule has 1 aliphatic carbocycles. The van der Waals surface area contributed by atoms with Gasteiger partial charge in [-0.2, -0.15) is 0 Å². The molecule has 1 fully saturated rings. The van der Waals surface area contributed by atoms with E-state index in [0.29, 0.717) is 0 Å². The first-order chi connectivity index (χ1) is 14.6. The number of non-ortho nitro benzene ring substituents is 1. The monoisotopic (exact) mass is 436 g/mol. The fourth-order valence-corrected chi connectivity index (χ4v) is 4.41. The summed E-state index contributed by atoms with van der Waals surface area (Å²) in [6.45, 7) is 4.32. The molecule has 31 heavy (non-hydrogen) atoms. The molecule has 0 spiro atoms. The van der Waals surface area contributed by atoms with Crippen LogP contribution >= 0.6 is 0 Å². The van der Waals surface area contributed by atoms with Crippen molar-refractivity contribution in [3.05, 3.63) is 50.1 Å². The van der Waals surface area contributed by atoms with Crippen LogP contribution in [0.25, 0.3) is 0 Å². The van der Waals surface area contributed by atoms with Crippen LogP contribution in [0.4, 0.5) is 5.69 Å². The molecule has 168 valence electrons. The van der Waals surface area contributed by atoms with Crippen molar-refractivity contribution >= 4 is 23.4 Å². The molecule has 1 saturated carbocycles. The summed E-state index contributed by atoms with van der Waals surface area (Å²) in [6.07, 6.45) is -0.620. The zero-order chi connectivity index (χ0) is 23.3. The predicted octanol–water partition coefficient (Wildman–Crippen LogP) is 2.44. The molecule has 11 nitrogen and oxygen atoms in total. The maximum atomic E-state index is 13.0. The summed E-state index contributed by atoms with van der Waals surface area (Å²) < 4.78 is 10.0. The van der Waals surface area contributed by atoms with Crippen molar-refractivity contribution in [2.45, 2.75) is 45.6 Å². The summed E-state index contributed by atoms with van der Waals surface area (Å²) in [5.41, 5.74) is -1.94. The molecular formula is C20H24N2O9. The van der Waals surface area contributed by atoms with Crippen molar-refractivity contribution < 1.29 is 33.7 Å². The molecule has 0 saturated heterocycles. The van der Waals surface area contributed by atoms with E-state index in [1.165, 1.54) is 12.1 Å². The Morgan fingerprint density at radius 2 is 1.65 bits per heavy atom. The molecule has 0 aliphatic heterocycles. The van der Waals surface area contributed by atoms with E-state index in [2.05, 4.69) is 0 Å². The van der Waals surface area contributed by atoms with Crippen molar-refractivity contribution in [2.24, 2.45) is 11.3 Å². The number of rotatable bonds is 9. The minimum Gasteiger partial charge on any atom is -0.466 e. The number of Topliss-reactive ketones (excluding diaryl/α,β-unsaturated/α-hetero) is 1. The average Bonchev–Trinajstić information content (AvgIpc) is 3.04. The number of nitrogens with zero attached hydrogens (tertiary/aromatic N) is 2. The van der Waals surface area contributed by atoms with E-state index in [4.69, 9.17) is 9.47 Å². The molecule has 1 aliphatic rings. The molecule has 0 amide bonds. The fourth-order valence-electron chi connectivity index (χ4n) is 4.41. The molecule has 4 atom stereocenters. The summed E-state index contributed by atoms with van der Waals surface area (Å²) in [6, 6.07) is 3.42. The van der Waals surface area contributed by atoms with Crippen LogP contribution in [-0.2, 0) is 23.9 Å². The van der Waals surface area contributed by atoms with Gasteiger partial charge in [-0.15, -0.1) is 0 Å². The predicted molar refractivity (Wildman–Crippen MR) is 106 cm³/mol. The number of ketones is 1. The van der Waals surface area contributed by atoms with Crippen LogP contribution in [-0.4, -0.2) is 46.8 Å². The highest BCUT2D eigenvalue weighted by Gasteiger charge is 2.67. The van der Waals surface area contributed by atoms with Gasteiger partial charge in [-0.25, -0.2) is 0 Å². The number of hydrogen-bond acceptors (Lipinski definition) is 9.